The zero-order valence-corrected chi connectivity index (χ0v) is 8.29. The quantitative estimate of drug-likeness (QED) is 0.800. The molecule has 0 saturated heterocycles. The van der Waals surface area contributed by atoms with Crippen molar-refractivity contribution in [1.29, 1.82) is 5.26 Å². The molecule has 2 N–H and O–H groups in total. The van der Waals surface area contributed by atoms with E-state index in [9.17, 15) is 4.79 Å². The van der Waals surface area contributed by atoms with Crippen LogP contribution in [0.5, 0.6) is 0 Å². The first-order valence-electron chi connectivity index (χ1n) is 4.56. The zero-order valence-electron chi connectivity index (χ0n) is 8.29. The van der Waals surface area contributed by atoms with Gasteiger partial charge in [0.2, 0.25) is 0 Å². The molecule has 2 rings (SSSR count). The van der Waals surface area contributed by atoms with E-state index in [-0.39, 0.29) is 0 Å². The lowest BCUT2D eigenvalue weighted by Crippen LogP contribution is -2.09. The van der Waals surface area contributed by atoms with Crippen molar-refractivity contribution in [3.8, 4) is 11.8 Å². The number of hydrogen-bond acceptors (Lipinski definition) is 3. The minimum atomic E-state index is -0.514. The molecular weight excluding hydrogens is 204 g/mol. The van der Waals surface area contributed by atoms with Crippen molar-refractivity contribution in [2.45, 2.75) is 0 Å². The van der Waals surface area contributed by atoms with E-state index in [1.807, 2.05) is 6.07 Å². The molecule has 5 nitrogen and oxygen atoms in total. The van der Waals surface area contributed by atoms with Crippen LogP contribution >= 0.6 is 0 Å². The molecule has 78 valence electrons. The van der Waals surface area contributed by atoms with Crippen LogP contribution in [-0.4, -0.2) is 15.7 Å². The molecule has 0 bridgehead atoms. The van der Waals surface area contributed by atoms with Gasteiger partial charge in [-0.15, -0.1) is 0 Å². The second kappa shape index (κ2) is 3.87. The van der Waals surface area contributed by atoms with Crippen LogP contribution in [0.4, 0.5) is 0 Å². The van der Waals surface area contributed by atoms with E-state index >= 15 is 0 Å². The van der Waals surface area contributed by atoms with Gasteiger partial charge in [0, 0.05) is 6.20 Å². The van der Waals surface area contributed by atoms with Gasteiger partial charge in [-0.1, -0.05) is 0 Å². The van der Waals surface area contributed by atoms with Crippen LogP contribution in [0.3, 0.4) is 0 Å². The standard InChI is InChI=1S/C11H8N4O/c12-5-8-1-3-10(4-2-8)15-7-9(6-14-15)11(13)16/h1-4,6-7H,(H2,13,16). The second-order valence-electron chi connectivity index (χ2n) is 3.20. The maximum Gasteiger partial charge on any atom is 0.251 e. The van der Waals surface area contributed by atoms with Gasteiger partial charge in [0.15, 0.2) is 0 Å². The van der Waals surface area contributed by atoms with E-state index in [0.717, 1.165) is 5.69 Å². The van der Waals surface area contributed by atoms with Gasteiger partial charge in [-0.25, -0.2) is 4.68 Å². The largest absolute Gasteiger partial charge is 0.366 e. The summed E-state index contributed by atoms with van der Waals surface area (Å²) < 4.78 is 1.53. The number of carbonyl (C=O) groups excluding carboxylic acids is 1. The molecule has 0 atom stereocenters. The maximum absolute atomic E-state index is 10.9. The van der Waals surface area contributed by atoms with Crippen molar-refractivity contribution in [3.63, 3.8) is 0 Å². The summed E-state index contributed by atoms with van der Waals surface area (Å²) in [5, 5.41) is 12.6. The average molecular weight is 212 g/mol. The van der Waals surface area contributed by atoms with Gasteiger partial charge < -0.3 is 5.73 Å². The van der Waals surface area contributed by atoms with Crippen molar-refractivity contribution in [1.82, 2.24) is 9.78 Å². The summed E-state index contributed by atoms with van der Waals surface area (Å²) in [6.07, 6.45) is 2.95. The molecule has 1 aromatic heterocycles. The third kappa shape index (κ3) is 1.77. The third-order valence-corrected chi connectivity index (χ3v) is 2.13. The number of hydrogen-bond donors (Lipinski definition) is 1. The lowest BCUT2D eigenvalue weighted by Gasteiger charge is -1.99. The summed E-state index contributed by atoms with van der Waals surface area (Å²) in [6.45, 7) is 0. The predicted molar refractivity (Wildman–Crippen MR) is 56.8 cm³/mol. The van der Waals surface area contributed by atoms with Crippen molar-refractivity contribution >= 4 is 5.91 Å². The van der Waals surface area contributed by atoms with Crippen LogP contribution in [0.2, 0.25) is 0 Å². The maximum atomic E-state index is 10.9. The summed E-state index contributed by atoms with van der Waals surface area (Å²) in [4.78, 5) is 10.9. The fourth-order valence-corrected chi connectivity index (χ4v) is 1.28. The first-order valence-corrected chi connectivity index (χ1v) is 4.56. The van der Waals surface area contributed by atoms with Gasteiger partial charge in [-0.2, -0.15) is 10.4 Å². The van der Waals surface area contributed by atoms with Crippen molar-refractivity contribution in [2.75, 3.05) is 0 Å². The summed E-state index contributed by atoms with van der Waals surface area (Å²) in [6, 6.07) is 8.88. The monoisotopic (exact) mass is 212 g/mol. The number of primary amides is 1. The van der Waals surface area contributed by atoms with Crippen LogP contribution in [0.15, 0.2) is 36.7 Å². The van der Waals surface area contributed by atoms with Gasteiger partial charge in [0.05, 0.1) is 29.1 Å². The van der Waals surface area contributed by atoms with E-state index < -0.39 is 5.91 Å². The van der Waals surface area contributed by atoms with Crippen LogP contribution in [0, 0.1) is 11.3 Å². The molecule has 5 heteroatoms. The van der Waals surface area contributed by atoms with E-state index in [2.05, 4.69) is 5.10 Å². The number of carbonyl (C=O) groups is 1. The Kier molecular flexibility index (Phi) is 2.40. The Morgan fingerprint density at radius 1 is 1.38 bits per heavy atom. The number of nitrogens with two attached hydrogens (primary N) is 1. The molecule has 1 aromatic carbocycles. The Hall–Kier alpha value is -2.61. The van der Waals surface area contributed by atoms with Gasteiger partial charge >= 0.3 is 0 Å². The molecule has 0 radical (unpaired) electrons. The molecule has 0 saturated carbocycles. The van der Waals surface area contributed by atoms with E-state index in [0.29, 0.717) is 11.1 Å². The Morgan fingerprint density at radius 2 is 2.06 bits per heavy atom. The Bertz CT molecular complexity index is 562. The SMILES string of the molecule is N#Cc1ccc(-n2cc(C(N)=O)cn2)cc1. The molecule has 0 spiro atoms. The minimum absolute atomic E-state index is 0.351. The van der Waals surface area contributed by atoms with Gasteiger partial charge in [-0.3, -0.25) is 4.79 Å². The number of nitrogens with zero attached hydrogens (tertiary/aromatic N) is 3. The molecule has 0 unspecified atom stereocenters. The van der Waals surface area contributed by atoms with Crippen LogP contribution in [-0.2, 0) is 0 Å². The minimum Gasteiger partial charge on any atom is -0.366 e. The van der Waals surface area contributed by atoms with Crippen molar-refractivity contribution in [2.24, 2.45) is 5.73 Å². The molecule has 0 aliphatic carbocycles. The fraction of sp³-hybridized carbons (Fsp3) is 0. The highest BCUT2D eigenvalue weighted by Gasteiger charge is 2.04. The molecule has 0 aliphatic rings. The fourth-order valence-electron chi connectivity index (χ4n) is 1.28. The number of benzene rings is 1. The van der Waals surface area contributed by atoms with E-state index in [4.69, 9.17) is 11.0 Å². The number of amides is 1. The first-order chi connectivity index (χ1) is 7.70. The molecule has 16 heavy (non-hydrogen) atoms. The van der Waals surface area contributed by atoms with Crippen molar-refractivity contribution in [3.05, 3.63) is 47.8 Å². The average Bonchev–Trinajstić information content (AvgIpc) is 2.78. The van der Waals surface area contributed by atoms with Gasteiger partial charge in [0.1, 0.15) is 0 Å². The molecule has 0 fully saturated rings. The van der Waals surface area contributed by atoms with Crippen LogP contribution in [0.25, 0.3) is 5.69 Å². The summed E-state index contributed by atoms with van der Waals surface area (Å²) in [5.41, 5.74) is 6.81. The number of nitriles is 1. The molecule has 1 heterocycles. The Labute approximate surface area is 91.7 Å². The zero-order chi connectivity index (χ0) is 11.5. The normalized spacial score (nSPS) is 9.69. The first kappa shape index (κ1) is 9.93. The van der Waals surface area contributed by atoms with Gasteiger partial charge in [-0.05, 0) is 24.3 Å². The lowest BCUT2D eigenvalue weighted by molar-refractivity contribution is 0.100. The molecule has 1 amide bonds. The smallest absolute Gasteiger partial charge is 0.251 e. The van der Waals surface area contributed by atoms with Crippen LogP contribution < -0.4 is 5.73 Å². The number of rotatable bonds is 2. The summed E-state index contributed by atoms with van der Waals surface area (Å²) >= 11 is 0. The van der Waals surface area contributed by atoms with E-state index in [1.165, 1.54) is 10.9 Å². The highest BCUT2D eigenvalue weighted by Crippen LogP contribution is 2.09. The topological polar surface area (TPSA) is 84.7 Å². The highest BCUT2D eigenvalue weighted by atomic mass is 16.1. The predicted octanol–water partition coefficient (Wildman–Crippen LogP) is 0.843. The lowest BCUT2D eigenvalue weighted by atomic mass is 10.2. The van der Waals surface area contributed by atoms with Crippen molar-refractivity contribution < 1.29 is 4.79 Å². The second-order valence-corrected chi connectivity index (χ2v) is 3.20. The summed E-state index contributed by atoms with van der Waals surface area (Å²) in [5.74, 6) is -0.514. The Morgan fingerprint density at radius 3 is 2.56 bits per heavy atom. The van der Waals surface area contributed by atoms with Gasteiger partial charge in [0.25, 0.3) is 5.91 Å². The third-order valence-electron chi connectivity index (χ3n) is 2.13. The molecule has 2 aromatic rings. The van der Waals surface area contributed by atoms with E-state index in [1.54, 1.807) is 30.5 Å². The van der Waals surface area contributed by atoms with Crippen LogP contribution in [0.1, 0.15) is 15.9 Å². The molecule has 0 aliphatic heterocycles. The molecular formula is C11H8N4O. The Balaban J connectivity index is 2.36. The highest BCUT2D eigenvalue weighted by molar-refractivity contribution is 5.92. The number of aromatic nitrogens is 2. The summed E-state index contributed by atoms with van der Waals surface area (Å²) in [7, 11) is 0.